The summed E-state index contributed by atoms with van der Waals surface area (Å²) in [6.45, 7) is 2.46. The second kappa shape index (κ2) is 3.75. The van der Waals surface area contributed by atoms with Crippen molar-refractivity contribution in [3.8, 4) is 11.8 Å². The van der Waals surface area contributed by atoms with Crippen molar-refractivity contribution < 1.29 is 9.47 Å². The Hall–Kier alpha value is -1.32. The van der Waals surface area contributed by atoms with E-state index in [-0.39, 0.29) is 0 Å². The highest BCUT2D eigenvalue weighted by Crippen LogP contribution is 2.07. The Morgan fingerprint density at radius 2 is 2.00 bits per heavy atom. The molecule has 0 aliphatic carbocycles. The second-order valence-corrected chi connectivity index (χ2v) is 1.84. The molecule has 1 aromatic heterocycles. The van der Waals surface area contributed by atoms with E-state index in [4.69, 9.17) is 9.47 Å². The molecule has 0 fully saturated rings. The number of nitrogens with zero attached hydrogens (tertiary/aromatic N) is 2. The maximum atomic E-state index is 5.03. The van der Waals surface area contributed by atoms with Gasteiger partial charge >= 0.3 is 6.01 Å². The molecule has 60 valence electrons. The molecule has 0 aliphatic heterocycles. The van der Waals surface area contributed by atoms with Crippen molar-refractivity contribution >= 4 is 0 Å². The van der Waals surface area contributed by atoms with Gasteiger partial charge in [0.05, 0.1) is 26.1 Å². The third-order valence-corrected chi connectivity index (χ3v) is 1.11. The van der Waals surface area contributed by atoms with E-state index >= 15 is 0 Å². The summed E-state index contributed by atoms with van der Waals surface area (Å²) in [4.78, 5) is 7.76. The van der Waals surface area contributed by atoms with E-state index in [0.29, 0.717) is 18.4 Å². The van der Waals surface area contributed by atoms with Crippen LogP contribution in [0.2, 0.25) is 0 Å². The van der Waals surface area contributed by atoms with Gasteiger partial charge in [0, 0.05) is 0 Å². The second-order valence-electron chi connectivity index (χ2n) is 1.84. The van der Waals surface area contributed by atoms with Crippen molar-refractivity contribution in [1.82, 2.24) is 9.97 Å². The van der Waals surface area contributed by atoms with Crippen LogP contribution in [0, 0.1) is 0 Å². The largest absolute Gasteiger partial charge is 0.494 e. The zero-order valence-corrected chi connectivity index (χ0v) is 6.57. The Morgan fingerprint density at radius 1 is 1.36 bits per heavy atom. The predicted octanol–water partition coefficient (Wildman–Crippen LogP) is 0.884. The van der Waals surface area contributed by atoms with Gasteiger partial charge in [0.1, 0.15) is 0 Å². The van der Waals surface area contributed by atoms with E-state index < -0.39 is 0 Å². The number of hydrogen-bond donors (Lipinski definition) is 0. The molecule has 0 unspecified atom stereocenters. The van der Waals surface area contributed by atoms with Crippen molar-refractivity contribution in [3.63, 3.8) is 0 Å². The first-order valence-electron chi connectivity index (χ1n) is 3.35. The zero-order chi connectivity index (χ0) is 8.10. The maximum Gasteiger partial charge on any atom is 0.316 e. The Morgan fingerprint density at radius 3 is 2.45 bits per heavy atom. The van der Waals surface area contributed by atoms with Crippen LogP contribution in [0.3, 0.4) is 0 Å². The van der Waals surface area contributed by atoms with Crippen molar-refractivity contribution in [3.05, 3.63) is 12.4 Å². The van der Waals surface area contributed by atoms with Gasteiger partial charge in [-0.25, -0.2) is 0 Å². The molecule has 0 atom stereocenters. The summed E-state index contributed by atoms with van der Waals surface area (Å²) in [6.07, 6.45) is 3.13. The topological polar surface area (TPSA) is 44.2 Å². The summed E-state index contributed by atoms with van der Waals surface area (Å²) in [6, 6.07) is 0.383. The average Bonchev–Trinajstić information content (AvgIpc) is 2.07. The smallest absolute Gasteiger partial charge is 0.316 e. The highest BCUT2D eigenvalue weighted by atomic mass is 16.5. The Kier molecular flexibility index (Phi) is 2.66. The van der Waals surface area contributed by atoms with Crippen LogP contribution in [0.5, 0.6) is 11.8 Å². The molecule has 1 rings (SSSR count). The summed E-state index contributed by atoms with van der Waals surface area (Å²) in [5, 5.41) is 0. The molecule has 0 saturated carbocycles. The number of ether oxygens (including phenoxy) is 2. The quantitative estimate of drug-likeness (QED) is 0.648. The molecule has 0 saturated heterocycles. The van der Waals surface area contributed by atoms with Crippen LogP contribution < -0.4 is 9.47 Å². The fraction of sp³-hybridized carbons (Fsp3) is 0.429. The summed E-state index contributed by atoms with van der Waals surface area (Å²) in [5.41, 5.74) is 0. The van der Waals surface area contributed by atoms with Gasteiger partial charge in [0.15, 0.2) is 5.75 Å². The number of methoxy groups -OCH3 is 1. The van der Waals surface area contributed by atoms with E-state index in [1.807, 2.05) is 6.92 Å². The molecule has 0 aromatic carbocycles. The van der Waals surface area contributed by atoms with Gasteiger partial charge in [0.25, 0.3) is 0 Å². The van der Waals surface area contributed by atoms with E-state index in [1.165, 1.54) is 0 Å². The summed E-state index contributed by atoms with van der Waals surface area (Å²) in [7, 11) is 1.57. The summed E-state index contributed by atoms with van der Waals surface area (Å²) in [5.74, 6) is 0.633. The Labute approximate surface area is 65.2 Å². The van der Waals surface area contributed by atoms with Crippen LogP contribution in [0.1, 0.15) is 6.92 Å². The lowest BCUT2D eigenvalue weighted by atomic mass is 10.6. The van der Waals surface area contributed by atoms with Gasteiger partial charge in [-0.1, -0.05) is 0 Å². The first-order chi connectivity index (χ1) is 5.36. The van der Waals surface area contributed by atoms with Gasteiger partial charge in [-0.05, 0) is 6.92 Å². The van der Waals surface area contributed by atoms with E-state index in [2.05, 4.69) is 9.97 Å². The zero-order valence-electron chi connectivity index (χ0n) is 6.57. The van der Waals surface area contributed by atoms with Crippen LogP contribution in [-0.2, 0) is 0 Å². The highest BCUT2D eigenvalue weighted by molar-refractivity contribution is 5.13. The third-order valence-electron chi connectivity index (χ3n) is 1.11. The van der Waals surface area contributed by atoms with E-state index in [0.717, 1.165) is 0 Å². The fourth-order valence-electron chi connectivity index (χ4n) is 0.613. The molecule has 4 nitrogen and oxygen atoms in total. The molecule has 1 aromatic rings. The summed E-state index contributed by atoms with van der Waals surface area (Å²) >= 11 is 0. The standard InChI is InChI=1S/C7H10N2O2/c1-3-11-7-8-4-6(10-2)5-9-7/h4-5H,3H2,1-2H3. The van der Waals surface area contributed by atoms with Gasteiger partial charge < -0.3 is 9.47 Å². The molecule has 0 radical (unpaired) electrons. The SMILES string of the molecule is CCOc1ncc(OC)cn1. The van der Waals surface area contributed by atoms with Crippen LogP contribution in [0.15, 0.2) is 12.4 Å². The lowest BCUT2D eigenvalue weighted by molar-refractivity contribution is 0.309. The number of hydrogen-bond acceptors (Lipinski definition) is 4. The lowest BCUT2D eigenvalue weighted by Crippen LogP contribution is -1.97. The molecule has 0 amide bonds. The lowest BCUT2D eigenvalue weighted by Gasteiger charge is -2.00. The summed E-state index contributed by atoms with van der Waals surface area (Å²) < 4.78 is 9.89. The molecular formula is C7H10N2O2. The number of rotatable bonds is 3. The van der Waals surface area contributed by atoms with Crippen molar-refractivity contribution in [2.75, 3.05) is 13.7 Å². The first-order valence-corrected chi connectivity index (χ1v) is 3.35. The first kappa shape index (κ1) is 7.78. The van der Waals surface area contributed by atoms with Crippen molar-refractivity contribution in [1.29, 1.82) is 0 Å². The van der Waals surface area contributed by atoms with Gasteiger partial charge in [-0.15, -0.1) is 0 Å². The highest BCUT2D eigenvalue weighted by Gasteiger charge is 1.95. The molecule has 0 aliphatic rings. The average molecular weight is 154 g/mol. The molecule has 0 spiro atoms. The predicted molar refractivity (Wildman–Crippen MR) is 39.8 cm³/mol. The monoisotopic (exact) mass is 154 g/mol. The van der Waals surface area contributed by atoms with E-state index in [9.17, 15) is 0 Å². The van der Waals surface area contributed by atoms with Crippen LogP contribution in [0.25, 0.3) is 0 Å². The van der Waals surface area contributed by atoms with Crippen molar-refractivity contribution in [2.24, 2.45) is 0 Å². The number of aromatic nitrogens is 2. The fourth-order valence-corrected chi connectivity index (χ4v) is 0.613. The minimum atomic E-state index is 0.383. The van der Waals surface area contributed by atoms with Crippen LogP contribution in [0.4, 0.5) is 0 Å². The Bertz CT molecular complexity index is 210. The minimum Gasteiger partial charge on any atom is -0.494 e. The van der Waals surface area contributed by atoms with Crippen molar-refractivity contribution in [2.45, 2.75) is 6.92 Å². The van der Waals surface area contributed by atoms with Gasteiger partial charge in [0.2, 0.25) is 0 Å². The molecule has 1 heterocycles. The molecule has 11 heavy (non-hydrogen) atoms. The van der Waals surface area contributed by atoms with E-state index in [1.54, 1.807) is 19.5 Å². The van der Waals surface area contributed by atoms with Gasteiger partial charge in [-0.2, -0.15) is 9.97 Å². The van der Waals surface area contributed by atoms with Crippen LogP contribution in [-0.4, -0.2) is 23.7 Å². The third kappa shape index (κ3) is 2.07. The molecule has 4 heteroatoms. The minimum absolute atomic E-state index is 0.383. The normalized spacial score (nSPS) is 9.27. The molecular weight excluding hydrogens is 144 g/mol. The Balaban J connectivity index is 2.66. The van der Waals surface area contributed by atoms with Gasteiger partial charge in [-0.3, -0.25) is 0 Å². The molecule has 0 bridgehead atoms. The maximum absolute atomic E-state index is 5.03. The molecule has 0 N–H and O–H groups in total. The van der Waals surface area contributed by atoms with Crippen LogP contribution >= 0.6 is 0 Å².